The van der Waals surface area contributed by atoms with Crippen molar-refractivity contribution in [3.63, 3.8) is 0 Å². The van der Waals surface area contributed by atoms with Crippen LogP contribution in [0.25, 0.3) is 16.9 Å². The van der Waals surface area contributed by atoms with E-state index >= 15 is 0 Å². The third kappa shape index (κ3) is 4.33. The molecule has 31 heavy (non-hydrogen) atoms. The molecule has 4 aromatic rings. The second-order valence-corrected chi connectivity index (χ2v) is 7.17. The van der Waals surface area contributed by atoms with E-state index in [0.717, 1.165) is 15.9 Å². The maximum Gasteiger partial charge on any atom is 0.387 e. The van der Waals surface area contributed by atoms with Crippen LogP contribution in [0.4, 0.5) is 22.7 Å². The second-order valence-electron chi connectivity index (χ2n) is 6.31. The van der Waals surface area contributed by atoms with Crippen molar-refractivity contribution in [2.45, 2.75) is 20.0 Å². The summed E-state index contributed by atoms with van der Waals surface area (Å²) in [6, 6.07) is 7.08. The highest BCUT2D eigenvalue weighted by Crippen LogP contribution is 2.28. The second kappa shape index (κ2) is 8.30. The van der Waals surface area contributed by atoms with Crippen molar-refractivity contribution in [2.24, 2.45) is 0 Å². The summed E-state index contributed by atoms with van der Waals surface area (Å²) in [5.74, 6) is -0.587. The molecule has 1 N–H and O–H groups in total. The monoisotopic (exact) mass is 451 g/mol. The average molecular weight is 451 g/mol. The van der Waals surface area contributed by atoms with Gasteiger partial charge in [-0.25, -0.2) is 23.3 Å². The van der Waals surface area contributed by atoms with Crippen LogP contribution < -0.4 is 10.1 Å². The molecular formula is C19H13F4N5O2S. The molecule has 0 unspecified atom stereocenters. The van der Waals surface area contributed by atoms with E-state index < -0.39 is 18.9 Å². The van der Waals surface area contributed by atoms with Gasteiger partial charge in [0, 0.05) is 16.6 Å². The molecule has 0 aliphatic heterocycles. The summed E-state index contributed by atoms with van der Waals surface area (Å²) >= 11 is 1.14. The van der Waals surface area contributed by atoms with Crippen molar-refractivity contribution >= 4 is 28.0 Å². The van der Waals surface area contributed by atoms with Crippen molar-refractivity contribution in [3.8, 4) is 17.0 Å². The largest absolute Gasteiger partial charge is 0.435 e. The number of carbonyl (C=O) groups is 1. The fourth-order valence-corrected chi connectivity index (χ4v) is 3.58. The number of carbonyl (C=O) groups excluding carboxylic acids is 1. The Morgan fingerprint density at radius 1 is 1.16 bits per heavy atom. The average Bonchev–Trinajstić information content (AvgIpc) is 3.34. The Kier molecular flexibility index (Phi) is 5.55. The van der Waals surface area contributed by atoms with Gasteiger partial charge in [0.2, 0.25) is 0 Å². The molecule has 1 aromatic carbocycles. The minimum Gasteiger partial charge on any atom is -0.435 e. The maximum atomic E-state index is 13.2. The van der Waals surface area contributed by atoms with Gasteiger partial charge in [-0.3, -0.25) is 10.1 Å². The molecule has 7 nitrogen and oxygen atoms in total. The highest BCUT2D eigenvalue weighted by Gasteiger charge is 2.21. The zero-order valence-corrected chi connectivity index (χ0v) is 16.5. The van der Waals surface area contributed by atoms with Crippen LogP contribution in [0.1, 0.15) is 28.2 Å². The van der Waals surface area contributed by atoms with E-state index in [1.807, 2.05) is 0 Å². The van der Waals surface area contributed by atoms with Crippen molar-refractivity contribution in [1.82, 2.24) is 19.6 Å². The molecule has 1 amide bonds. The standard InChI is InChI=1S/C19H13F4N5O2S/c1-9-6-14(15(20)21)28-16(25-9)12(7-24-28)17(29)27-19-26-13(8-31-19)10-2-4-11(5-3-10)30-18(22)23/h2-8,15,18H,1H3,(H,26,27,29). The number of halogens is 4. The lowest BCUT2D eigenvalue weighted by atomic mass is 10.2. The van der Waals surface area contributed by atoms with E-state index in [0.29, 0.717) is 17.0 Å². The Morgan fingerprint density at radius 3 is 2.58 bits per heavy atom. The van der Waals surface area contributed by atoms with Gasteiger partial charge in [0.15, 0.2) is 10.8 Å². The lowest BCUT2D eigenvalue weighted by molar-refractivity contribution is -0.0498. The Balaban J connectivity index is 1.55. The van der Waals surface area contributed by atoms with Crippen LogP contribution >= 0.6 is 11.3 Å². The molecule has 0 bridgehead atoms. The fourth-order valence-electron chi connectivity index (χ4n) is 2.86. The number of amides is 1. The van der Waals surface area contributed by atoms with Crippen LogP contribution in [0.3, 0.4) is 0 Å². The lowest BCUT2D eigenvalue weighted by Crippen LogP contribution is -2.12. The number of benzene rings is 1. The quantitative estimate of drug-likeness (QED) is 0.420. The van der Waals surface area contributed by atoms with Gasteiger partial charge in [0.25, 0.3) is 12.3 Å². The van der Waals surface area contributed by atoms with E-state index in [1.165, 1.54) is 24.4 Å². The SMILES string of the molecule is Cc1cc(C(F)F)n2ncc(C(=O)Nc3nc(-c4ccc(OC(F)F)cc4)cs3)c2n1. The van der Waals surface area contributed by atoms with Gasteiger partial charge in [-0.15, -0.1) is 11.3 Å². The van der Waals surface area contributed by atoms with Gasteiger partial charge in [0.05, 0.1) is 11.9 Å². The van der Waals surface area contributed by atoms with Gasteiger partial charge >= 0.3 is 6.61 Å². The van der Waals surface area contributed by atoms with Crippen molar-refractivity contribution in [1.29, 1.82) is 0 Å². The summed E-state index contributed by atoms with van der Waals surface area (Å²) < 4.78 is 56.2. The molecule has 12 heteroatoms. The van der Waals surface area contributed by atoms with Gasteiger partial charge < -0.3 is 4.74 Å². The van der Waals surface area contributed by atoms with Crippen LogP contribution in [0.5, 0.6) is 5.75 Å². The van der Waals surface area contributed by atoms with Gasteiger partial charge in [0.1, 0.15) is 17.0 Å². The summed E-state index contributed by atoms with van der Waals surface area (Å²) in [6.45, 7) is -1.37. The van der Waals surface area contributed by atoms with Crippen molar-refractivity contribution in [2.75, 3.05) is 5.32 Å². The van der Waals surface area contributed by atoms with Crippen LogP contribution in [-0.4, -0.2) is 32.1 Å². The van der Waals surface area contributed by atoms with E-state index in [1.54, 1.807) is 24.4 Å². The normalized spacial score (nSPS) is 11.5. The third-order valence-corrected chi connectivity index (χ3v) is 4.95. The Labute approximate surface area is 176 Å². The van der Waals surface area contributed by atoms with Gasteiger partial charge in [-0.05, 0) is 37.3 Å². The van der Waals surface area contributed by atoms with E-state index in [2.05, 4.69) is 25.1 Å². The minimum absolute atomic E-state index is 0.0131. The summed E-state index contributed by atoms with van der Waals surface area (Å²) in [4.78, 5) is 21.1. The first-order valence-corrected chi connectivity index (χ1v) is 9.65. The first kappa shape index (κ1) is 20.7. The molecule has 0 aliphatic rings. The highest BCUT2D eigenvalue weighted by atomic mass is 32.1. The van der Waals surface area contributed by atoms with Crippen LogP contribution in [0.15, 0.2) is 41.9 Å². The molecule has 0 saturated carbocycles. The summed E-state index contributed by atoms with van der Waals surface area (Å²) in [6.07, 6.45) is -1.61. The number of anilines is 1. The molecule has 0 saturated heterocycles. The zero-order valence-electron chi connectivity index (χ0n) is 15.7. The number of rotatable bonds is 6. The summed E-state index contributed by atoms with van der Waals surface area (Å²) in [7, 11) is 0. The topological polar surface area (TPSA) is 81.4 Å². The Morgan fingerprint density at radius 2 is 1.90 bits per heavy atom. The van der Waals surface area contributed by atoms with Crippen LogP contribution in [0.2, 0.25) is 0 Å². The number of thiazole rings is 1. The Bertz CT molecular complexity index is 1240. The lowest BCUT2D eigenvalue weighted by Gasteiger charge is -2.05. The molecule has 0 aliphatic carbocycles. The number of aromatic nitrogens is 4. The molecule has 4 rings (SSSR count). The van der Waals surface area contributed by atoms with Crippen LogP contribution in [-0.2, 0) is 0 Å². The minimum atomic E-state index is -2.91. The molecule has 3 heterocycles. The van der Waals surface area contributed by atoms with Crippen molar-refractivity contribution < 1.29 is 27.1 Å². The molecule has 0 fully saturated rings. The predicted molar refractivity (Wildman–Crippen MR) is 105 cm³/mol. The van der Waals surface area contributed by atoms with Gasteiger partial charge in [-0.1, -0.05) is 0 Å². The number of hydrogen-bond donors (Lipinski definition) is 1. The molecule has 3 aromatic heterocycles. The number of nitrogens with one attached hydrogen (secondary N) is 1. The predicted octanol–water partition coefficient (Wildman–Crippen LogP) is 4.95. The van der Waals surface area contributed by atoms with Gasteiger partial charge in [-0.2, -0.15) is 13.9 Å². The molecule has 0 radical (unpaired) electrons. The fraction of sp³-hybridized carbons (Fsp3) is 0.158. The maximum absolute atomic E-state index is 13.2. The smallest absolute Gasteiger partial charge is 0.387 e. The number of aryl methyl sites for hydroxylation is 1. The number of ether oxygens (including phenoxy) is 1. The van der Waals surface area contributed by atoms with Crippen molar-refractivity contribution in [3.05, 3.63) is 58.9 Å². The van der Waals surface area contributed by atoms with E-state index in [4.69, 9.17) is 0 Å². The summed E-state index contributed by atoms with van der Waals surface area (Å²) in [5.41, 5.74) is 1.14. The highest BCUT2D eigenvalue weighted by molar-refractivity contribution is 7.14. The first-order valence-electron chi connectivity index (χ1n) is 8.77. The van der Waals surface area contributed by atoms with Crippen LogP contribution in [0, 0.1) is 6.92 Å². The number of alkyl halides is 4. The van der Waals surface area contributed by atoms with E-state index in [-0.39, 0.29) is 27.8 Å². The van der Waals surface area contributed by atoms with E-state index in [9.17, 15) is 22.4 Å². The molecule has 0 atom stereocenters. The Hall–Kier alpha value is -3.54. The molecular weight excluding hydrogens is 438 g/mol. The number of nitrogens with zero attached hydrogens (tertiary/aromatic N) is 4. The third-order valence-electron chi connectivity index (χ3n) is 4.20. The molecule has 0 spiro atoms. The summed E-state index contributed by atoms with van der Waals surface area (Å²) in [5, 5.41) is 8.38. The first-order chi connectivity index (χ1) is 14.8. The molecule has 160 valence electrons. The zero-order chi connectivity index (χ0) is 22.1. The number of fused-ring (bicyclic) bond motifs is 1. The number of hydrogen-bond acceptors (Lipinski definition) is 6.